The second kappa shape index (κ2) is 6.40. The Bertz CT molecular complexity index is 594. The van der Waals surface area contributed by atoms with Crippen LogP contribution in [0.2, 0.25) is 0 Å². The van der Waals surface area contributed by atoms with Gasteiger partial charge in [0, 0.05) is 50.9 Å². The Morgan fingerprint density at radius 1 is 1.46 bits per heavy atom. The minimum absolute atomic E-state index is 0.0300. The molecule has 0 N–H and O–H groups in total. The number of carbonyl (C=O) groups excluding carboxylic acids is 1. The molecule has 0 spiro atoms. The van der Waals surface area contributed by atoms with E-state index >= 15 is 0 Å². The summed E-state index contributed by atoms with van der Waals surface area (Å²) in [6, 6.07) is 1.44. The fourth-order valence-corrected chi connectivity index (χ4v) is 3.42. The van der Waals surface area contributed by atoms with E-state index in [1.165, 1.54) is 0 Å². The molecular weight excluding hydrogens is 318 g/mol. The van der Waals surface area contributed by atoms with Crippen LogP contribution in [0.25, 0.3) is 0 Å². The van der Waals surface area contributed by atoms with Gasteiger partial charge in [-0.2, -0.15) is 5.10 Å². The van der Waals surface area contributed by atoms with E-state index in [1.54, 1.807) is 22.7 Å². The lowest BCUT2D eigenvalue weighted by Crippen LogP contribution is -2.62. The molecule has 1 unspecified atom stereocenters. The number of hydrogen-bond acceptors (Lipinski definition) is 4. The number of aromatic nitrogens is 2. The van der Waals surface area contributed by atoms with Gasteiger partial charge in [-0.15, -0.1) is 0 Å². The number of halogens is 2. The summed E-state index contributed by atoms with van der Waals surface area (Å²) < 4.78 is 34.5. The lowest BCUT2D eigenvalue weighted by atomic mass is 10.1. The Morgan fingerprint density at radius 2 is 2.17 bits per heavy atom. The number of alkyl halides is 2. The van der Waals surface area contributed by atoms with E-state index in [-0.39, 0.29) is 31.0 Å². The highest BCUT2D eigenvalue weighted by atomic mass is 19.3. The van der Waals surface area contributed by atoms with Gasteiger partial charge in [-0.3, -0.25) is 14.4 Å². The predicted molar refractivity (Wildman–Crippen MR) is 84.2 cm³/mol. The SMILES string of the molecule is CCOCC1CC(F)(F)CN1C1CN(C(=O)c2cc(C)n(C)n2)C1. The second-order valence-electron chi connectivity index (χ2n) is 6.70. The maximum Gasteiger partial charge on any atom is 0.274 e. The van der Waals surface area contributed by atoms with Gasteiger partial charge in [-0.05, 0) is 19.9 Å². The van der Waals surface area contributed by atoms with Gasteiger partial charge in [0.25, 0.3) is 11.8 Å². The van der Waals surface area contributed by atoms with Crippen LogP contribution < -0.4 is 0 Å². The Balaban J connectivity index is 1.59. The lowest BCUT2D eigenvalue weighted by molar-refractivity contribution is -0.0150. The van der Waals surface area contributed by atoms with Gasteiger partial charge < -0.3 is 9.64 Å². The number of hydrogen-bond donors (Lipinski definition) is 0. The van der Waals surface area contributed by atoms with Crippen LogP contribution in [-0.2, 0) is 11.8 Å². The molecule has 1 aromatic heterocycles. The average Bonchev–Trinajstić information content (AvgIpc) is 2.95. The highest BCUT2D eigenvalue weighted by Gasteiger charge is 2.50. The predicted octanol–water partition coefficient (Wildman–Crippen LogP) is 1.30. The van der Waals surface area contributed by atoms with Crippen LogP contribution in [0.1, 0.15) is 29.5 Å². The zero-order chi connectivity index (χ0) is 17.5. The average molecular weight is 342 g/mol. The van der Waals surface area contributed by atoms with Crippen molar-refractivity contribution in [2.75, 3.05) is 32.8 Å². The quantitative estimate of drug-likeness (QED) is 0.809. The molecule has 3 heterocycles. The Kier molecular flexibility index (Phi) is 4.61. The van der Waals surface area contributed by atoms with Crippen LogP contribution in [0.15, 0.2) is 6.07 Å². The third-order valence-corrected chi connectivity index (χ3v) is 4.88. The van der Waals surface area contributed by atoms with Crippen molar-refractivity contribution in [2.45, 2.75) is 38.3 Å². The first-order valence-electron chi connectivity index (χ1n) is 8.32. The zero-order valence-electron chi connectivity index (χ0n) is 14.3. The molecule has 24 heavy (non-hydrogen) atoms. The number of carbonyl (C=O) groups is 1. The molecule has 1 atom stereocenters. The first-order valence-corrected chi connectivity index (χ1v) is 8.32. The molecule has 2 aliphatic rings. The largest absolute Gasteiger partial charge is 0.380 e. The van der Waals surface area contributed by atoms with Crippen molar-refractivity contribution in [2.24, 2.45) is 7.05 Å². The third kappa shape index (κ3) is 3.30. The van der Waals surface area contributed by atoms with Gasteiger partial charge in [0.2, 0.25) is 0 Å². The maximum absolute atomic E-state index is 13.8. The van der Waals surface area contributed by atoms with E-state index in [1.807, 2.05) is 18.7 Å². The van der Waals surface area contributed by atoms with Gasteiger partial charge in [0.15, 0.2) is 5.69 Å². The Labute approximate surface area is 140 Å². The van der Waals surface area contributed by atoms with E-state index in [4.69, 9.17) is 4.74 Å². The summed E-state index contributed by atoms with van der Waals surface area (Å²) >= 11 is 0. The molecule has 6 nitrogen and oxygen atoms in total. The molecule has 0 radical (unpaired) electrons. The summed E-state index contributed by atoms with van der Waals surface area (Å²) in [5.74, 6) is -2.81. The molecule has 0 aromatic carbocycles. The molecule has 134 valence electrons. The number of rotatable bonds is 5. The van der Waals surface area contributed by atoms with Gasteiger partial charge in [-0.25, -0.2) is 8.78 Å². The number of ether oxygens (including phenoxy) is 1. The number of aryl methyl sites for hydroxylation is 2. The first-order chi connectivity index (χ1) is 11.3. The van der Waals surface area contributed by atoms with Crippen molar-refractivity contribution in [1.29, 1.82) is 0 Å². The molecule has 0 aliphatic carbocycles. The van der Waals surface area contributed by atoms with Crippen molar-refractivity contribution in [3.63, 3.8) is 0 Å². The highest BCUT2D eigenvalue weighted by molar-refractivity contribution is 5.93. The molecule has 0 bridgehead atoms. The molecule has 2 saturated heterocycles. The van der Waals surface area contributed by atoms with Gasteiger partial charge in [-0.1, -0.05) is 0 Å². The van der Waals surface area contributed by atoms with E-state index in [0.717, 1.165) is 5.69 Å². The lowest BCUT2D eigenvalue weighted by Gasteiger charge is -2.45. The topological polar surface area (TPSA) is 50.6 Å². The molecule has 2 aliphatic heterocycles. The van der Waals surface area contributed by atoms with E-state index in [9.17, 15) is 13.6 Å². The second-order valence-corrected chi connectivity index (χ2v) is 6.70. The van der Waals surface area contributed by atoms with Gasteiger partial charge in [0.05, 0.1) is 13.2 Å². The zero-order valence-corrected chi connectivity index (χ0v) is 14.3. The van der Waals surface area contributed by atoms with Gasteiger partial charge in [0.1, 0.15) is 0 Å². The molecule has 3 rings (SSSR count). The summed E-state index contributed by atoms with van der Waals surface area (Å²) in [6.07, 6.45) is -0.170. The minimum Gasteiger partial charge on any atom is -0.380 e. The van der Waals surface area contributed by atoms with Crippen molar-refractivity contribution in [3.8, 4) is 0 Å². The van der Waals surface area contributed by atoms with Crippen LogP contribution in [-0.4, -0.2) is 76.3 Å². The fourth-order valence-electron chi connectivity index (χ4n) is 3.42. The van der Waals surface area contributed by atoms with Crippen LogP contribution in [0.5, 0.6) is 0 Å². The molecule has 1 amide bonds. The summed E-state index contributed by atoms with van der Waals surface area (Å²) in [4.78, 5) is 15.9. The molecule has 1 aromatic rings. The van der Waals surface area contributed by atoms with Crippen LogP contribution in [0.3, 0.4) is 0 Å². The van der Waals surface area contributed by atoms with Crippen molar-refractivity contribution >= 4 is 5.91 Å². The molecule has 8 heteroatoms. The molecular formula is C16H24F2N4O2. The minimum atomic E-state index is -2.68. The van der Waals surface area contributed by atoms with E-state index in [2.05, 4.69) is 5.10 Å². The highest BCUT2D eigenvalue weighted by Crippen LogP contribution is 2.35. The number of likely N-dealkylation sites (tertiary alicyclic amines) is 2. The number of nitrogens with zero attached hydrogens (tertiary/aromatic N) is 4. The van der Waals surface area contributed by atoms with E-state index in [0.29, 0.717) is 32.0 Å². The standard InChI is InChI=1S/C16H24F2N4O2/c1-4-24-9-12-6-16(17,18)10-22(12)13-7-21(8-13)15(23)14-5-11(2)20(3)19-14/h5,12-13H,4,6-10H2,1-3H3. The Hall–Kier alpha value is -1.54. The van der Waals surface area contributed by atoms with Crippen LogP contribution in [0, 0.1) is 6.92 Å². The summed E-state index contributed by atoms with van der Waals surface area (Å²) in [7, 11) is 1.79. The first kappa shape index (κ1) is 17.3. The smallest absolute Gasteiger partial charge is 0.274 e. The summed E-state index contributed by atoms with van der Waals surface area (Å²) in [6.45, 7) is 5.25. The van der Waals surface area contributed by atoms with Crippen molar-refractivity contribution in [1.82, 2.24) is 19.6 Å². The Morgan fingerprint density at radius 3 is 2.75 bits per heavy atom. The maximum atomic E-state index is 13.8. The monoisotopic (exact) mass is 342 g/mol. The third-order valence-electron chi connectivity index (χ3n) is 4.88. The van der Waals surface area contributed by atoms with Crippen LogP contribution >= 0.6 is 0 Å². The molecule has 2 fully saturated rings. The van der Waals surface area contributed by atoms with Crippen LogP contribution in [0.4, 0.5) is 8.78 Å². The molecule has 0 saturated carbocycles. The van der Waals surface area contributed by atoms with Crippen molar-refractivity contribution in [3.05, 3.63) is 17.5 Å². The normalized spacial score (nSPS) is 24.4. The van der Waals surface area contributed by atoms with Crippen molar-refractivity contribution < 1.29 is 18.3 Å². The van der Waals surface area contributed by atoms with E-state index < -0.39 is 5.92 Å². The fraction of sp³-hybridized carbons (Fsp3) is 0.750. The summed E-state index contributed by atoms with van der Waals surface area (Å²) in [5.41, 5.74) is 1.32. The number of amides is 1. The summed E-state index contributed by atoms with van der Waals surface area (Å²) in [5, 5.41) is 4.19. The van der Waals surface area contributed by atoms with Gasteiger partial charge >= 0.3 is 0 Å².